The summed E-state index contributed by atoms with van der Waals surface area (Å²) >= 11 is 0. The Hall–Kier alpha value is -3.80. The number of benzene rings is 1. The van der Waals surface area contributed by atoms with Crippen molar-refractivity contribution < 1.29 is 13.5 Å². The summed E-state index contributed by atoms with van der Waals surface area (Å²) in [5.41, 5.74) is -0.581. The Morgan fingerprint density at radius 2 is 1.71 bits per heavy atom. The molecule has 0 amide bonds. The molecule has 12 heteroatoms. The minimum atomic E-state index is -3.88. The largest absolute Gasteiger partial charge is 0.494 e. The second kappa shape index (κ2) is 8.14. The molecule has 0 radical (unpaired) electrons. The molecule has 162 valence electrons. The highest BCUT2D eigenvalue weighted by molar-refractivity contribution is 7.92. The molecule has 0 unspecified atom stereocenters. The third kappa shape index (κ3) is 4.53. The summed E-state index contributed by atoms with van der Waals surface area (Å²) in [6.45, 7) is 3.39. The van der Waals surface area contributed by atoms with Crippen LogP contribution in [-0.2, 0) is 24.1 Å². The van der Waals surface area contributed by atoms with Crippen molar-refractivity contribution in [3.8, 4) is 5.88 Å². The average molecular weight is 444 g/mol. The quantitative estimate of drug-likeness (QED) is 0.552. The zero-order valence-electron chi connectivity index (χ0n) is 17.2. The molecule has 0 aliphatic heterocycles. The van der Waals surface area contributed by atoms with Gasteiger partial charge in [0.05, 0.1) is 10.6 Å². The summed E-state index contributed by atoms with van der Waals surface area (Å²) in [6, 6.07) is 7.07. The molecule has 2 aromatic heterocycles. The fourth-order valence-corrected chi connectivity index (χ4v) is 3.78. The Labute approximate surface area is 177 Å². The number of anilines is 1. The predicted molar refractivity (Wildman–Crippen MR) is 115 cm³/mol. The van der Waals surface area contributed by atoms with Crippen molar-refractivity contribution in [2.24, 2.45) is 19.1 Å². The molecule has 1 aromatic carbocycles. The second-order valence-electron chi connectivity index (χ2n) is 6.74. The summed E-state index contributed by atoms with van der Waals surface area (Å²) in [5, 5.41) is 10.1. The van der Waals surface area contributed by atoms with E-state index < -0.39 is 27.2 Å². The summed E-state index contributed by atoms with van der Waals surface area (Å²) in [6.07, 6.45) is 1.12. The highest BCUT2D eigenvalue weighted by Crippen LogP contribution is 2.19. The minimum absolute atomic E-state index is 0.0127. The van der Waals surface area contributed by atoms with Gasteiger partial charge in [0.25, 0.3) is 15.6 Å². The summed E-state index contributed by atoms with van der Waals surface area (Å²) < 4.78 is 29.3. The summed E-state index contributed by atoms with van der Waals surface area (Å²) in [4.78, 5) is 36.2. The van der Waals surface area contributed by atoms with Gasteiger partial charge in [-0.25, -0.2) is 23.2 Å². The van der Waals surface area contributed by atoms with Crippen LogP contribution in [0, 0.1) is 13.8 Å². The van der Waals surface area contributed by atoms with Crippen LogP contribution in [0.25, 0.3) is 0 Å². The Balaban J connectivity index is 1.87. The Bertz CT molecular complexity index is 1390. The molecule has 2 heterocycles. The lowest BCUT2D eigenvalue weighted by Crippen LogP contribution is -2.38. The van der Waals surface area contributed by atoms with Crippen molar-refractivity contribution in [2.45, 2.75) is 18.7 Å². The Morgan fingerprint density at radius 3 is 2.32 bits per heavy atom. The maximum absolute atomic E-state index is 12.6. The maximum atomic E-state index is 12.6. The second-order valence-corrected chi connectivity index (χ2v) is 8.42. The van der Waals surface area contributed by atoms with Gasteiger partial charge in [-0.05, 0) is 38.1 Å². The fourth-order valence-electron chi connectivity index (χ4n) is 2.79. The van der Waals surface area contributed by atoms with Crippen LogP contribution in [0.3, 0.4) is 0 Å². The van der Waals surface area contributed by atoms with Crippen molar-refractivity contribution in [2.75, 3.05) is 4.72 Å². The van der Waals surface area contributed by atoms with E-state index >= 15 is 0 Å². The third-order valence-electron chi connectivity index (χ3n) is 4.36. The molecule has 0 saturated heterocycles. The lowest BCUT2D eigenvalue weighted by Gasteiger charge is -2.09. The number of aliphatic imine (C=N–C) groups is 1. The Morgan fingerprint density at radius 1 is 1.06 bits per heavy atom. The van der Waals surface area contributed by atoms with Gasteiger partial charge in [0, 0.05) is 32.1 Å². The van der Waals surface area contributed by atoms with E-state index in [2.05, 4.69) is 19.7 Å². The minimum Gasteiger partial charge on any atom is -0.494 e. The van der Waals surface area contributed by atoms with Crippen LogP contribution in [0.1, 0.15) is 17.1 Å². The summed E-state index contributed by atoms with van der Waals surface area (Å²) in [7, 11) is -1.28. The predicted octanol–water partition coefficient (Wildman–Crippen LogP) is 0.748. The molecule has 0 bridgehead atoms. The van der Waals surface area contributed by atoms with Gasteiger partial charge in [-0.1, -0.05) is 0 Å². The number of aromatic nitrogens is 4. The number of nitrogens with one attached hydrogen (secondary N) is 1. The first-order valence-corrected chi connectivity index (χ1v) is 10.5. The molecule has 0 atom stereocenters. The lowest BCUT2D eigenvalue weighted by atomic mass is 10.3. The molecule has 0 aliphatic rings. The number of aromatic hydroxyl groups is 1. The zero-order chi connectivity index (χ0) is 22.9. The maximum Gasteiger partial charge on any atom is 0.333 e. The van der Waals surface area contributed by atoms with Crippen LogP contribution in [0.2, 0.25) is 0 Å². The number of sulfonamides is 1. The van der Waals surface area contributed by atoms with Crippen LogP contribution in [0.4, 0.5) is 11.5 Å². The first-order valence-electron chi connectivity index (χ1n) is 8.98. The van der Waals surface area contributed by atoms with Crippen molar-refractivity contribution in [3.05, 3.63) is 68.3 Å². The topological polar surface area (TPSA) is 149 Å². The van der Waals surface area contributed by atoms with Crippen LogP contribution in [0.5, 0.6) is 5.88 Å². The zero-order valence-corrected chi connectivity index (χ0v) is 18.0. The number of nitrogens with zero attached hydrogens (tertiary/aromatic N) is 5. The van der Waals surface area contributed by atoms with Gasteiger partial charge in [-0.2, -0.15) is 0 Å². The average Bonchev–Trinajstić information content (AvgIpc) is 2.70. The van der Waals surface area contributed by atoms with Crippen LogP contribution >= 0.6 is 0 Å². The van der Waals surface area contributed by atoms with E-state index in [9.17, 15) is 23.1 Å². The van der Waals surface area contributed by atoms with Gasteiger partial charge in [-0.3, -0.25) is 23.6 Å². The van der Waals surface area contributed by atoms with Crippen LogP contribution < -0.4 is 16.0 Å². The van der Waals surface area contributed by atoms with E-state index in [1.807, 2.05) is 0 Å². The lowest BCUT2D eigenvalue weighted by molar-refractivity contribution is 0.410. The third-order valence-corrected chi connectivity index (χ3v) is 5.73. The highest BCUT2D eigenvalue weighted by atomic mass is 32.2. The molecule has 11 nitrogen and oxygen atoms in total. The van der Waals surface area contributed by atoms with E-state index in [-0.39, 0.29) is 16.3 Å². The molecule has 0 spiro atoms. The number of hydrogen-bond acceptors (Lipinski definition) is 8. The number of rotatable bonds is 5. The van der Waals surface area contributed by atoms with Gasteiger partial charge in [0.2, 0.25) is 5.88 Å². The SMILES string of the molecule is Cc1cc(NS(=O)(=O)c2ccc(N=Cc3c(O)n(C)c(=O)n(C)c3=O)cc2)nc(C)n1. The molecular formula is C19H20N6O5S. The van der Waals surface area contributed by atoms with Crippen molar-refractivity contribution in [1.82, 2.24) is 19.1 Å². The molecule has 0 saturated carbocycles. The monoisotopic (exact) mass is 444 g/mol. The van der Waals surface area contributed by atoms with Crippen LogP contribution in [-0.4, -0.2) is 38.8 Å². The first-order chi connectivity index (χ1) is 14.5. The molecule has 2 N–H and O–H groups in total. The van der Waals surface area contributed by atoms with E-state index in [0.717, 1.165) is 15.3 Å². The van der Waals surface area contributed by atoms with E-state index in [1.54, 1.807) is 13.8 Å². The molecule has 0 aliphatic carbocycles. The van der Waals surface area contributed by atoms with Crippen molar-refractivity contribution in [1.29, 1.82) is 0 Å². The van der Waals surface area contributed by atoms with E-state index in [4.69, 9.17) is 0 Å². The highest BCUT2D eigenvalue weighted by Gasteiger charge is 2.16. The standard InChI is InChI=1S/C19H20N6O5S/c1-11-9-16(22-12(2)21-11)23-31(29,30)14-7-5-13(6-8-14)20-10-15-17(26)24(3)19(28)25(4)18(15)27/h5-10,26H,1-4H3,(H,21,22,23). The molecular weight excluding hydrogens is 424 g/mol. The molecule has 31 heavy (non-hydrogen) atoms. The smallest absolute Gasteiger partial charge is 0.333 e. The normalized spacial score (nSPS) is 11.7. The molecule has 0 fully saturated rings. The van der Waals surface area contributed by atoms with Crippen LogP contribution in [0.15, 0.2) is 49.8 Å². The molecule has 3 rings (SSSR count). The van der Waals surface area contributed by atoms with E-state index in [1.165, 1.54) is 44.4 Å². The van der Waals surface area contributed by atoms with Gasteiger partial charge in [-0.15, -0.1) is 0 Å². The summed E-state index contributed by atoms with van der Waals surface area (Å²) in [5.74, 6) is 0.0824. The molecule has 3 aromatic rings. The van der Waals surface area contributed by atoms with E-state index in [0.29, 0.717) is 17.2 Å². The van der Waals surface area contributed by atoms with Gasteiger partial charge in [0.1, 0.15) is 17.2 Å². The van der Waals surface area contributed by atoms with Gasteiger partial charge in [0.15, 0.2) is 0 Å². The van der Waals surface area contributed by atoms with Gasteiger partial charge >= 0.3 is 5.69 Å². The first kappa shape index (κ1) is 21.9. The number of hydrogen-bond donors (Lipinski definition) is 2. The number of aryl methyl sites for hydroxylation is 2. The fraction of sp³-hybridized carbons (Fsp3) is 0.211. The van der Waals surface area contributed by atoms with Gasteiger partial charge < -0.3 is 5.11 Å². The van der Waals surface area contributed by atoms with Crippen molar-refractivity contribution in [3.63, 3.8) is 0 Å². The van der Waals surface area contributed by atoms with Crippen molar-refractivity contribution >= 4 is 27.7 Å². The Kier molecular flexibility index (Phi) is 5.75.